The molecule has 0 fully saturated rings. The van der Waals surface area contributed by atoms with E-state index in [0.29, 0.717) is 0 Å². The average Bonchev–Trinajstić information content (AvgIpc) is 1.82. The van der Waals surface area contributed by atoms with Crippen molar-refractivity contribution in [3.63, 3.8) is 0 Å². The minimum Gasteiger partial charge on any atom is -0.346 e. The van der Waals surface area contributed by atoms with Crippen LogP contribution in [0.1, 0.15) is 26.2 Å². The highest BCUT2D eigenvalue weighted by molar-refractivity contribution is 7.36. The van der Waals surface area contributed by atoms with Gasteiger partial charge in [-0.25, -0.2) is 0 Å². The molecule has 1 atom stereocenters. The minimum atomic E-state index is -2.13. The molecule has 0 aliphatic heterocycles. The van der Waals surface area contributed by atoms with Crippen LogP contribution in [-0.4, -0.2) is 18.1 Å². The highest BCUT2D eigenvalue weighted by Crippen LogP contribution is 1.99. The first kappa shape index (κ1) is 12.8. The SMILES string of the molecule is CCCCCN.C[PH](=O)O. The summed E-state index contributed by atoms with van der Waals surface area (Å²) in [5, 5.41) is 0. The Kier molecular flexibility index (Phi) is 15.2. The topological polar surface area (TPSA) is 63.3 Å². The molecule has 0 saturated heterocycles. The highest BCUT2D eigenvalue weighted by atomic mass is 31.1. The lowest BCUT2D eigenvalue weighted by Crippen LogP contribution is -1.96. The van der Waals surface area contributed by atoms with Crippen molar-refractivity contribution in [3.05, 3.63) is 0 Å². The summed E-state index contributed by atoms with van der Waals surface area (Å²) in [4.78, 5) is 7.60. The summed E-state index contributed by atoms with van der Waals surface area (Å²) < 4.78 is 9.19. The smallest absolute Gasteiger partial charge is 0.186 e. The van der Waals surface area contributed by atoms with Crippen LogP contribution in [0.25, 0.3) is 0 Å². The van der Waals surface area contributed by atoms with Gasteiger partial charge in [0.25, 0.3) is 0 Å². The number of rotatable bonds is 3. The Morgan fingerprint density at radius 3 is 2.00 bits per heavy atom. The molecule has 3 nitrogen and oxygen atoms in total. The number of hydrogen-bond acceptors (Lipinski definition) is 2. The maximum absolute atomic E-state index is 9.19. The predicted molar refractivity (Wildman–Crippen MR) is 45.7 cm³/mol. The zero-order valence-electron chi connectivity index (χ0n) is 6.76. The Morgan fingerprint density at radius 1 is 1.50 bits per heavy atom. The second-order valence-electron chi connectivity index (χ2n) is 2.01. The number of unbranched alkanes of at least 4 members (excludes halogenated alkanes) is 2. The van der Waals surface area contributed by atoms with Gasteiger partial charge in [0.1, 0.15) is 0 Å². The molecule has 64 valence electrons. The van der Waals surface area contributed by atoms with E-state index < -0.39 is 8.03 Å². The fourth-order valence-electron chi connectivity index (χ4n) is 0.394. The number of hydrogen-bond donors (Lipinski definition) is 2. The lowest BCUT2D eigenvalue weighted by Gasteiger charge is -1.86. The van der Waals surface area contributed by atoms with Gasteiger partial charge in [-0.2, -0.15) is 0 Å². The Labute approximate surface area is 63.5 Å². The monoisotopic (exact) mass is 167 g/mol. The van der Waals surface area contributed by atoms with E-state index >= 15 is 0 Å². The van der Waals surface area contributed by atoms with Gasteiger partial charge in [-0.3, -0.25) is 4.57 Å². The van der Waals surface area contributed by atoms with Crippen LogP contribution >= 0.6 is 8.03 Å². The molecule has 0 aromatic carbocycles. The maximum atomic E-state index is 9.19. The first-order chi connectivity index (χ1) is 4.65. The quantitative estimate of drug-likeness (QED) is 0.490. The van der Waals surface area contributed by atoms with Crippen molar-refractivity contribution < 1.29 is 9.46 Å². The van der Waals surface area contributed by atoms with Gasteiger partial charge in [0.2, 0.25) is 0 Å². The molecule has 3 N–H and O–H groups in total. The van der Waals surface area contributed by atoms with E-state index in [1.165, 1.54) is 25.9 Å². The Balaban J connectivity index is 0. The molecule has 0 rings (SSSR count). The van der Waals surface area contributed by atoms with Gasteiger partial charge in [0, 0.05) is 6.66 Å². The van der Waals surface area contributed by atoms with Crippen molar-refractivity contribution >= 4 is 8.03 Å². The molecule has 0 aliphatic rings. The van der Waals surface area contributed by atoms with E-state index in [9.17, 15) is 4.57 Å². The third-order valence-electron chi connectivity index (χ3n) is 0.808. The fraction of sp³-hybridized carbons (Fsp3) is 1.00. The zero-order valence-corrected chi connectivity index (χ0v) is 7.76. The summed E-state index contributed by atoms with van der Waals surface area (Å²) in [5.74, 6) is 0. The van der Waals surface area contributed by atoms with Crippen molar-refractivity contribution in [2.45, 2.75) is 26.2 Å². The first-order valence-electron chi connectivity index (χ1n) is 3.54. The summed E-state index contributed by atoms with van der Waals surface area (Å²) in [5.41, 5.74) is 5.21. The van der Waals surface area contributed by atoms with Crippen molar-refractivity contribution in [3.8, 4) is 0 Å². The van der Waals surface area contributed by atoms with Crippen molar-refractivity contribution in [2.24, 2.45) is 5.73 Å². The molecule has 1 unspecified atom stereocenters. The van der Waals surface area contributed by atoms with E-state index in [0.717, 1.165) is 6.54 Å². The van der Waals surface area contributed by atoms with Crippen molar-refractivity contribution in [1.82, 2.24) is 0 Å². The maximum Gasteiger partial charge on any atom is 0.186 e. The molecule has 10 heavy (non-hydrogen) atoms. The van der Waals surface area contributed by atoms with Crippen LogP contribution in [0.15, 0.2) is 0 Å². The van der Waals surface area contributed by atoms with E-state index in [-0.39, 0.29) is 0 Å². The largest absolute Gasteiger partial charge is 0.346 e. The molecular weight excluding hydrogens is 149 g/mol. The third kappa shape index (κ3) is 42.0. The minimum absolute atomic E-state index is 0.855. The van der Waals surface area contributed by atoms with Crippen LogP contribution in [-0.2, 0) is 4.57 Å². The normalized spacial score (nSPS) is 11.6. The summed E-state index contributed by atoms with van der Waals surface area (Å²) in [6.45, 7) is 4.30. The molecular formula is C6H18NO2P. The van der Waals surface area contributed by atoms with Crippen molar-refractivity contribution in [2.75, 3.05) is 13.2 Å². The predicted octanol–water partition coefficient (Wildman–Crippen LogP) is 1.22. The van der Waals surface area contributed by atoms with Gasteiger partial charge in [0.15, 0.2) is 8.03 Å². The number of nitrogens with two attached hydrogens (primary N) is 1. The second kappa shape index (κ2) is 11.9. The Morgan fingerprint density at radius 2 is 1.90 bits per heavy atom. The van der Waals surface area contributed by atoms with Gasteiger partial charge in [-0.15, -0.1) is 0 Å². The molecule has 0 spiro atoms. The van der Waals surface area contributed by atoms with Crippen LogP contribution < -0.4 is 5.73 Å². The molecule has 0 aromatic heterocycles. The zero-order chi connectivity index (χ0) is 8.41. The van der Waals surface area contributed by atoms with Gasteiger partial charge < -0.3 is 10.6 Å². The summed E-state index contributed by atoms with van der Waals surface area (Å²) in [6, 6.07) is 0. The molecule has 0 radical (unpaired) electrons. The molecule has 0 bridgehead atoms. The van der Waals surface area contributed by atoms with Gasteiger partial charge >= 0.3 is 0 Å². The fourth-order valence-corrected chi connectivity index (χ4v) is 0.394. The van der Waals surface area contributed by atoms with Gasteiger partial charge in [-0.05, 0) is 13.0 Å². The van der Waals surface area contributed by atoms with Crippen LogP contribution in [0.4, 0.5) is 0 Å². The standard InChI is InChI=1S/C5H13N.CH5O2P/c1-2-3-4-5-6;1-4(2)3/h2-6H2,1H3;4H,1H3,(H,2,3). The van der Waals surface area contributed by atoms with Crippen molar-refractivity contribution in [1.29, 1.82) is 0 Å². The molecule has 0 amide bonds. The van der Waals surface area contributed by atoms with Gasteiger partial charge in [0.05, 0.1) is 0 Å². The first-order valence-corrected chi connectivity index (χ1v) is 5.40. The van der Waals surface area contributed by atoms with Gasteiger partial charge in [-0.1, -0.05) is 19.8 Å². The van der Waals surface area contributed by atoms with Crippen LogP contribution in [0.5, 0.6) is 0 Å². The molecule has 0 heterocycles. The lowest BCUT2D eigenvalue weighted by atomic mass is 10.3. The van der Waals surface area contributed by atoms with Crippen LogP contribution in [0, 0.1) is 0 Å². The van der Waals surface area contributed by atoms with Crippen LogP contribution in [0.2, 0.25) is 0 Å². The molecule has 4 heteroatoms. The summed E-state index contributed by atoms with van der Waals surface area (Å²) >= 11 is 0. The molecule has 0 aliphatic carbocycles. The highest BCUT2D eigenvalue weighted by Gasteiger charge is 1.75. The molecule has 0 saturated carbocycles. The molecule has 0 aromatic rings. The van der Waals surface area contributed by atoms with E-state index in [1.54, 1.807) is 0 Å². The Hall–Kier alpha value is 0.150. The van der Waals surface area contributed by atoms with E-state index in [4.69, 9.17) is 10.6 Å². The average molecular weight is 167 g/mol. The lowest BCUT2D eigenvalue weighted by molar-refractivity contribution is 0.509. The third-order valence-corrected chi connectivity index (χ3v) is 0.808. The summed E-state index contributed by atoms with van der Waals surface area (Å²) in [6.07, 6.45) is 3.75. The van der Waals surface area contributed by atoms with E-state index in [2.05, 4.69) is 6.92 Å². The van der Waals surface area contributed by atoms with E-state index in [1.807, 2.05) is 0 Å². The Bertz CT molecular complexity index is 70.1. The second-order valence-corrected chi connectivity index (χ2v) is 3.05. The van der Waals surface area contributed by atoms with Crippen LogP contribution in [0.3, 0.4) is 0 Å². The summed E-state index contributed by atoms with van der Waals surface area (Å²) in [7, 11) is -2.13.